The van der Waals surface area contributed by atoms with Gasteiger partial charge >= 0.3 is 5.97 Å². The topological polar surface area (TPSA) is 94.2 Å². The minimum Gasteiger partial charge on any atom is -0.482 e. The van der Waals surface area contributed by atoms with Crippen LogP contribution in [-0.2, 0) is 22.7 Å². The van der Waals surface area contributed by atoms with Gasteiger partial charge in [0.2, 0.25) is 0 Å². The molecular formula is C20H16ClN3O4. The third-order valence-corrected chi connectivity index (χ3v) is 4.25. The summed E-state index contributed by atoms with van der Waals surface area (Å²) < 4.78 is 11.8. The third kappa shape index (κ3) is 4.30. The van der Waals surface area contributed by atoms with Gasteiger partial charge in [0.05, 0.1) is 17.0 Å². The summed E-state index contributed by atoms with van der Waals surface area (Å²) in [7, 11) is 0. The van der Waals surface area contributed by atoms with Gasteiger partial charge in [-0.25, -0.2) is 9.78 Å². The van der Waals surface area contributed by atoms with Crippen LogP contribution in [-0.4, -0.2) is 22.1 Å². The lowest BCUT2D eigenvalue weighted by Gasteiger charge is -2.12. The van der Waals surface area contributed by atoms with Crippen LogP contribution in [0, 0.1) is 18.3 Å². The molecular weight excluding hydrogens is 382 g/mol. The normalized spacial score (nSPS) is 10.5. The lowest BCUT2D eigenvalue weighted by atomic mass is 10.2. The van der Waals surface area contributed by atoms with Crippen LogP contribution < -0.4 is 10.3 Å². The number of aromatic nitrogens is 2. The van der Waals surface area contributed by atoms with Crippen LogP contribution in [0.1, 0.15) is 11.4 Å². The van der Waals surface area contributed by atoms with Gasteiger partial charge < -0.3 is 9.47 Å². The molecule has 1 heterocycles. The molecule has 7 nitrogen and oxygen atoms in total. The molecule has 8 heteroatoms. The van der Waals surface area contributed by atoms with Crippen molar-refractivity contribution in [2.24, 2.45) is 0 Å². The molecule has 3 rings (SSSR count). The van der Waals surface area contributed by atoms with Gasteiger partial charge in [0.1, 0.15) is 18.9 Å². The van der Waals surface area contributed by atoms with Crippen molar-refractivity contribution < 1.29 is 14.3 Å². The van der Waals surface area contributed by atoms with Gasteiger partial charge in [-0.2, -0.15) is 5.26 Å². The zero-order valence-corrected chi connectivity index (χ0v) is 15.8. The van der Waals surface area contributed by atoms with Crippen molar-refractivity contribution in [1.82, 2.24) is 9.55 Å². The molecule has 0 spiro atoms. The molecule has 3 aromatic rings. The van der Waals surface area contributed by atoms with E-state index in [1.165, 1.54) is 4.57 Å². The molecule has 0 N–H and O–H groups in total. The van der Waals surface area contributed by atoms with E-state index in [1.54, 1.807) is 42.5 Å². The molecule has 0 saturated heterocycles. The highest BCUT2D eigenvalue weighted by Crippen LogP contribution is 2.21. The number of rotatable bonds is 6. The number of esters is 1. The van der Waals surface area contributed by atoms with Crippen LogP contribution in [0.15, 0.2) is 47.3 Å². The molecule has 2 aromatic carbocycles. The number of ether oxygens (including phenoxy) is 2. The maximum Gasteiger partial charge on any atom is 0.344 e. The lowest BCUT2D eigenvalue weighted by Crippen LogP contribution is -2.26. The van der Waals surface area contributed by atoms with Crippen LogP contribution in [0.2, 0.25) is 5.02 Å². The summed E-state index contributed by atoms with van der Waals surface area (Å²) in [5.74, 6) is 0.0908. The van der Waals surface area contributed by atoms with E-state index < -0.39 is 5.97 Å². The first kappa shape index (κ1) is 19.4. The summed E-state index contributed by atoms with van der Waals surface area (Å²) in [6.07, 6.45) is 0. The average Bonchev–Trinajstić information content (AvgIpc) is 2.68. The van der Waals surface area contributed by atoms with E-state index in [0.717, 1.165) is 5.56 Å². The van der Waals surface area contributed by atoms with Crippen LogP contribution >= 0.6 is 11.6 Å². The highest BCUT2D eigenvalue weighted by Gasteiger charge is 2.13. The van der Waals surface area contributed by atoms with E-state index in [1.807, 2.05) is 13.0 Å². The molecule has 0 aliphatic carbocycles. The molecule has 0 radical (unpaired) electrons. The summed E-state index contributed by atoms with van der Waals surface area (Å²) in [4.78, 5) is 28.9. The van der Waals surface area contributed by atoms with Gasteiger partial charge in [-0.1, -0.05) is 23.7 Å². The number of nitriles is 1. The number of carbonyl (C=O) groups is 1. The number of nitrogens with zero attached hydrogens (tertiary/aromatic N) is 3. The first-order valence-corrected chi connectivity index (χ1v) is 8.77. The Morgan fingerprint density at radius 1 is 1.29 bits per heavy atom. The first-order chi connectivity index (χ1) is 13.5. The predicted octanol–water partition coefficient (Wildman–Crippen LogP) is 3.00. The minimum atomic E-state index is -0.625. The largest absolute Gasteiger partial charge is 0.482 e. The third-order valence-electron chi connectivity index (χ3n) is 4.01. The van der Waals surface area contributed by atoms with Crippen molar-refractivity contribution >= 4 is 28.5 Å². The Hall–Kier alpha value is -3.37. The van der Waals surface area contributed by atoms with E-state index in [4.69, 9.17) is 26.3 Å². The second-order valence-corrected chi connectivity index (χ2v) is 6.39. The SMILES string of the molecule is Cc1cc(Cl)ccc1OCC(=O)OCc1nc2ccccc2c(=O)n1CC#N. The molecule has 28 heavy (non-hydrogen) atoms. The second-order valence-electron chi connectivity index (χ2n) is 5.95. The average molecular weight is 398 g/mol. The summed E-state index contributed by atoms with van der Waals surface area (Å²) >= 11 is 5.89. The monoisotopic (exact) mass is 397 g/mol. The van der Waals surface area contributed by atoms with Crippen molar-refractivity contribution in [2.45, 2.75) is 20.1 Å². The zero-order valence-electron chi connectivity index (χ0n) is 15.0. The van der Waals surface area contributed by atoms with Gasteiger partial charge in [0, 0.05) is 5.02 Å². The fourth-order valence-electron chi connectivity index (χ4n) is 2.66. The smallest absolute Gasteiger partial charge is 0.344 e. The Kier molecular flexibility index (Phi) is 5.92. The maximum absolute atomic E-state index is 12.6. The number of benzene rings is 2. The van der Waals surface area contributed by atoms with Crippen LogP contribution in [0.25, 0.3) is 10.9 Å². The lowest BCUT2D eigenvalue weighted by molar-refractivity contribution is -0.147. The van der Waals surface area contributed by atoms with Crippen molar-refractivity contribution in [3.63, 3.8) is 0 Å². The van der Waals surface area contributed by atoms with Gasteiger partial charge in [-0.15, -0.1) is 0 Å². The van der Waals surface area contributed by atoms with Crippen molar-refractivity contribution in [3.05, 3.63) is 69.2 Å². The standard InChI is InChI=1S/C20H16ClN3O4/c1-13-10-14(21)6-7-17(13)27-12-19(25)28-11-18-23-16-5-3-2-4-15(16)20(26)24(18)9-8-22/h2-7,10H,9,11-12H2,1H3. The second kappa shape index (κ2) is 8.55. The Labute approximate surface area is 165 Å². The first-order valence-electron chi connectivity index (χ1n) is 8.39. The fourth-order valence-corrected chi connectivity index (χ4v) is 2.88. The Bertz CT molecular complexity index is 1130. The molecule has 0 amide bonds. The number of aryl methyl sites for hydroxylation is 1. The molecule has 0 atom stereocenters. The van der Waals surface area contributed by atoms with E-state index in [2.05, 4.69) is 4.98 Å². The van der Waals surface area contributed by atoms with Crippen LogP contribution in [0.3, 0.4) is 0 Å². The van der Waals surface area contributed by atoms with Crippen LogP contribution in [0.5, 0.6) is 5.75 Å². The maximum atomic E-state index is 12.6. The summed E-state index contributed by atoms with van der Waals surface area (Å²) in [6.45, 7) is 1.07. The number of para-hydroxylation sites is 1. The quantitative estimate of drug-likeness (QED) is 0.593. The summed E-state index contributed by atoms with van der Waals surface area (Å²) in [5, 5.41) is 9.97. The Morgan fingerprint density at radius 2 is 2.07 bits per heavy atom. The molecule has 0 unspecified atom stereocenters. The molecule has 0 fully saturated rings. The Morgan fingerprint density at radius 3 is 2.82 bits per heavy atom. The van der Waals surface area contributed by atoms with E-state index >= 15 is 0 Å². The van der Waals surface area contributed by atoms with Gasteiger partial charge in [-0.05, 0) is 42.8 Å². The number of hydrogen-bond acceptors (Lipinski definition) is 6. The van der Waals surface area contributed by atoms with Crippen LogP contribution in [0.4, 0.5) is 0 Å². The summed E-state index contributed by atoms with van der Waals surface area (Å²) in [6, 6.07) is 13.8. The van der Waals surface area contributed by atoms with E-state index in [0.29, 0.717) is 21.7 Å². The molecule has 0 saturated carbocycles. The number of carbonyl (C=O) groups excluding carboxylic acids is 1. The number of fused-ring (bicyclic) bond motifs is 1. The highest BCUT2D eigenvalue weighted by atomic mass is 35.5. The van der Waals surface area contributed by atoms with Crippen molar-refractivity contribution in [2.75, 3.05) is 6.61 Å². The molecule has 0 aliphatic rings. The number of hydrogen-bond donors (Lipinski definition) is 0. The zero-order chi connectivity index (χ0) is 20.1. The summed E-state index contributed by atoms with van der Waals surface area (Å²) in [5.41, 5.74) is 0.909. The van der Waals surface area contributed by atoms with Crippen molar-refractivity contribution in [1.29, 1.82) is 5.26 Å². The van der Waals surface area contributed by atoms with E-state index in [-0.39, 0.29) is 31.1 Å². The highest BCUT2D eigenvalue weighted by molar-refractivity contribution is 6.30. The van der Waals surface area contributed by atoms with Crippen molar-refractivity contribution in [3.8, 4) is 11.8 Å². The van der Waals surface area contributed by atoms with Gasteiger partial charge in [0.25, 0.3) is 5.56 Å². The molecule has 0 aliphatic heterocycles. The fraction of sp³-hybridized carbons (Fsp3) is 0.200. The predicted molar refractivity (Wildman–Crippen MR) is 103 cm³/mol. The van der Waals surface area contributed by atoms with Gasteiger partial charge in [-0.3, -0.25) is 9.36 Å². The van der Waals surface area contributed by atoms with Gasteiger partial charge in [0.15, 0.2) is 12.4 Å². The molecule has 1 aromatic heterocycles. The molecule has 0 bridgehead atoms. The van der Waals surface area contributed by atoms with E-state index in [9.17, 15) is 9.59 Å². The minimum absolute atomic E-state index is 0.190. The molecule has 142 valence electrons. The Balaban J connectivity index is 1.72. The number of halogens is 1.